The molecular formula is C12H20N2O. The van der Waals surface area contributed by atoms with Crippen molar-refractivity contribution in [2.45, 2.75) is 26.8 Å². The van der Waals surface area contributed by atoms with Gasteiger partial charge in [-0.3, -0.25) is 4.79 Å². The van der Waals surface area contributed by atoms with Crippen LogP contribution in [-0.4, -0.2) is 41.9 Å². The van der Waals surface area contributed by atoms with Crippen molar-refractivity contribution in [2.75, 3.05) is 20.1 Å². The van der Waals surface area contributed by atoms with Crippen LogP contribution in [0, 0.1) is 0 Å². The van der Waals surface area contributed by atoms with Crippen LogP contribution in [0.3, 0.4) is 0 Å². The quantitative estimate of drug-likeness (QED) is 0.656. The van der Waals surface area contributed by atoms with Gasteiger partial charge in [0.1, 0.15) is 5.70 Å². The standard InChI is InChI=1S/C12H20N2O/c1-6-7-13(5)11-10(4)8-14(9(2)3)12(11)15/h6,9H,1,7-8H2,2-5H3. The van der Waals surface area contributed by atoms with Crippen molar-refractivity contribution in [3.63, 3.8) is 0 Å². The zero-order valence-electron chi connectivity index (χ0n) is 10.1. The molecule has 0 aromatic carbocycles. The highest BCUT2D eigenvalue weighted by Crippen LogP contribution is 2.22. The van der Waals surface area contributed by atoms with Crippen LogP contribution >= 0.6 is 0 Å². The van der Waals surface area contributed by atoms with E-state index in [1.165, 1.54) is 0 Å². The highest BCUT2D eigenvalue weighted by Gasteiger charge is 2.31. The first-order valence-corrected chi connectivity index (χ1v) is 5.31. The molecule has 1 aliphatic rings. The Morgan fingerprint density at radius 3 is 2.60 bits per heavy atom. The summed E-state index contributed by atoms with van der Waals surface area (Å²) in [4.78, 5) is 15.9. The molecule has 15 heavy (non-hydrogen) atoms. The van der Waals surface area contributed by atoms with Crippen molar-refractivity contribution >= 4 is 5.91 Å². The first-order chi connectivity index (χ1) is 6.99. The third-order valence-corrected chi connectivity index (χ3v) is 2.68. The second-order valence-electron chi connectivity index (χ2n) is 4.32. The van der Waals surface area contributed by atoms with Gasteiger partial charge in [-0.1, -0.05) is 6.08 Å². The van der Waals surface area contributed by atoms with Crippen molar-refractivity contribution in [3.05, 3.63) is 23.9 Å². The Bertz CT molecular complexity index is 305. The van der Waals surface area contributed by atoms with Gasteiger partial charge in [-0.05, 0) is 26.3 Å². The fourth-order valence-electron chi connectivity index (χ4n) is 1.91. The van der Waals surface area contributed by atoms with Crippen molar-refractivity contribution < 1.29 is 4.79 Å². The second kappa shape index (κ2) is 4.51. The first kappa shape index (κ1) is 11.8. The van der Waals surface area contributed by atoms with Crippen LogP contribution in [0.25, 0.3) is 0 Å². The third-order valence-electron chi connectivity index (χ3n) is 2.68. The van der Waals surface area contributed by atoms with Crippen LogP contribution in [0.5, 0.6) is 0 Å². The molecule has 0 aromatic heterocycles. The Kier molecular flexibility index (Phi) is 3.56. The smallest absolute Gasteiger partial charge is 0.270 e. The molecule has 0 fully saturated rings. The highest BCUT2D eigenvalue weighted by atomic mass is 16.2. The van der Waals surface area contributed by atoms with Gasteiger partial charge in [0.2, 0.25) is 0 Å². The summed E-state index contributed by atoms with van der Waals surface area (Å²) in [5.41, 5.74) is 1.99. The van der Waals surface area contributed by atoms with E-state index >= 15 is 0 Å². The summed E-state index contributed by atoms with van der Waals surface area (Å²) < 4.78 is 0. The van der Waals surface area contributed by atoms with E-state index in [9.17, 15) is 4.79 Å². The van der Waals surface area contributed by atoms with E-state index in [0.29, 0.717) is 6.54 Å². The van der Waals surface area contributed by atoms with Crippen LogP contribution in [0.4, 0.5) is 0 Å². The minimum absolute atomic E-state index is 0.145. The Morgan fingerprint density at radius 1 is 1.60 bits per heavy atom. The van der Waals surface area contributed by atoms with Gasteiger partial charge in [0, 0.05) is 26.2 Å². The molecule has 1 amide bonds. The van der Waals surface area contributed by atoms with Gasteiger partial charge in [-0.2, -0.15) is 0 Å². The number of likely N-dealkylation sites (N-methyl/N-ethyl adjacent to an activating group) is 1. The van der Waals surface area contributed by atoms with E-state index in [0.717, 1.165) is 17.8 Å². The lowest BCUT2D eigenvalue weighted by Crippen LogP contribution is -2.36. The average molecular weight is 208 g/mol. The Labute approximate surface area is 92.0 Å². The van der Waals surface area contributed by atoms with E-state index in [-0.39, 0.29) is 11.9 Å². The van der Waals surface area contributed by atoms with Crippen LogP contribution in [0.15, 0.2) is 23.9 Å². The number of amides is 1. The van der Waals surface area contributed by atoms with E-state index in [2.05, 4.69) is 6.58 Å². The summed E-state index contributed by atoms with van der Waals surface area (Å²) in [6.45, 7) is 11.3. The van der Waals surface area contributed by atoms with Gasteiger partial charge in [-0.25, -0.2) is 0 Å². The molecule has 3 heteroatoms. The lowest BCUT2D eigenvalue weighted by molar-refractivity contribution is -0.128. The maximum atomic E-state index is 12.1. The van der Waals surface area contributed by atoms with Crippen LogP contribution in [-0.2, 0) is 4.79 Å². The van der Waals surface area contributed by atoms with Gasteiger partial charge in [-0.15, -0.1) is 6.58 Å². The molecule has 0 saturated heterocycles. The van der Waals surface area contributed by atoms with Gasteiger partial charge in [0.15, 0.2) is 0 Å². The molecule has 1 rings (SSSR count). The fourth-order valence-corrected chi connectivity index (χ4v) is 1.91. The van der Waals surface area contributed by atoms with Gasteiger partial charge in [0.25, 0.3) is 5.91 Å². The molecule has 1 aliphatic heterocycles. The van der Waals surface area contributed by atoms with Crippen molar-refractivity contribution in [1.29, 1.82) is 0 Å². The van der Waals surface area contributed by atoms with E-state index in [4.69, 9.17) is 0 Å². The lowest BCUT2D eigenvalue weighted by Gasteiger charge is -2.23. The van der Waals surface area contributed by atoms with E-state index in [1.807, 2.05) is 43.7 Å². The number of nitrogens with zero attached hydrogens (tertiary/aromatic N) is 2. The van der Waals surface area contributed by atoms with Gasteiger partial charge >= 0.3 is 0 Å². The molecule has 0 aliphatic carbocycles. The molecule has 1 heterocycles. The van der Waals surface area contributed by atoms with Crippen molar-refractivity contribution in [3.8, 4) is 0 Å². The fraction of sp³-hybridized carbons (Fsp3) is 0.583. The molecule has 3 nitrogen and oxygen atoms in total. The summed E-state index contributed by atoms with van der Waals surface area (Å²) in [7, 11) is 1.93. The minimum Gasteiger partial charge on any atom is -0.366 e. The Hall–Kier alpha value is -1.25. The second-order valence-corrected chi connectivity index (χ2v) is 4.32. The van der Waals surface area contributed by atoms with Gasteiger partial charge in [0.05, 0.1) is 0 Å². The zero-order chi connectivity index (χ0) is 11.6. The van der Waals surface area contributed by atoms with Crippen molar-refractivity contribution in [2.24, 2.45) is 0 Å². The maximum absolute atomic E-state index is 12.1. The average Bonchev–Trinajstić information content (AvgIpc) is 2.42. The Balaban J connectivity index is 2.85. The van der Waals surface area contributed by atoms with E-state index < -0.39 is 0 Å². The molecule has 0 bridgehead atoms. The number of carbonyl (C=O) groups excluding carboxylic acids is 1. The monoisotopic (exact) mass is 208 g/mol. The van der Waals surface area contributed by atoms with Crippen LogP contribution < -0.4 is 0 Å². The summed E-state index contributed by atoms with van der Waals surface area (Å²) in [5, 5.41) is 0. The van der Waals surface area contributed by atoms with Crippen LogP contribution in [0.1, 0.15) is 20.8 Å². The molecule has 0 radical (unpaired) electrons. The zero-order valence-corrected chi connectivity index (χ0v) is 10.1. The summed E-state index contributed by atoms with van der Waals surface area (Å²) >= 11 is 0. The molecular weight excluding hydrogens is 188 g/mol. The SMILES string of the molecule is C=CCN(C)C1=C(C)CN(C(C)C)C1=O. The van der Waals surface area contributed by atoms with Gasteiger partial charge < -0.3 is 9.80 Å². The minimum atomic E-state index is 0.145. The highest BCUT2D eigenvalue weighted by molar-refractivity contribution is 5.96. The van der Waals surface area contributed by atoms with E-state index in [1.54, 1.807) is 0 Å². The van der Waals surface area contributed by atoms with Crippen molar-refractivity contribution in [1.82, 2.24) is 9.80 Å². The molecule has 0 saturated carbocycles. The predicted molar refractivity (Wildman–Crippen MR) is 62.4 cm³/mol. The summed E-state index contributed by atoms with van der Waals surface area (Å²) in [5.74, 6) is 0.145. The summed E-state index contributed by atoms with van der Waals surface area (Å²) in [6.07, 6.45) is 1.81. The number of hydrogen-bond acceptors (Lipinski definition) is 2. The molecule has 0 atom stereocenters. The molecule has 0 N–H and O–H groups in total. The topological polar surface area (TPSA) is 23.6 Å². The number of rotatable bonds is 4. The number of carbonyl (C=O) groups is 1. The summed E-state index contributed by atoms with van der Waals surface area (Å²) in [6, 6.07) is 0.266. The molecule has 84 valence electrons. The molecule has 0 aromatic rings. The lowest BCUT2D eigenvalue weighted by atomic mass is 10.2. The molecule has 0 spiro atoms. The third kappa shape index (κ3) is 2.22. The predicted octanol–water partition coefficient (Wildman–Crippen LogP) is 1.63. The van der Waals surface area contributed by atoms with Crippen LogP contribution in [0.2, 0.25) is 0 Å². The normalized spacial score (nSPS) is 16.6. The largest absolute Gasteiger partial charge is 0.366 e. The first-order valence-electron chi connectivity index (χ1n) is 5.31. The maximum Gasteiger partial charge on any atom is 0.270 e. The number of hydrogen-bond donors (Lipinski definition) is 0. The Morgan fingerprint density at radius 2 is 2.20 bits per heavy atom. The molecule has 0 unspecified atom stereocenters.